The lowest BCUT2D eigenvalue weighted by molar-refractivity contribution is -0.134. The van der Waals surface area contributed by atoms with Crippen molar-refractivity contribution >= 4 is 5.97 Å². The molecule has 2 heterocycles. The number of aromatic nitrogens is 1. The third-order valence-corrected chi connectivity index (χ3v) is 8.79. The summed E-state index contributed by atoms with van der Waals surface area (Å²) in [5.41, 5.74) is 2.08. The van der Waals surface area contributed by atoms with Gasteiger partial charge in [-0.05, 0) is 56.6 Å². The predicted molar refractivity (Wildman–Crippen MR) is 175 cm³/mol. The lowest BCUT2D eigenvalue weighted by Crippen LogP contribution is -2.22. The number of aliphatic hydroxyl groups excluding tert-OH is 2. The van der Waals surface area contributed by atoms with Crippen LogP contribution in [0.1, 0.15) is 55.3 Å². The number of carbonyl (C=O) groups is 1. The van der Waals surface area contributed by atoms with Crippen LogP contribution in [-0.4, -0.2) is 65.8 Å². The zero-order valence-corrected chi connectivity index (χ0v) is 27.2. The minimum atomic E-state index is -1.07. The third-order valence-electron chi connectivity index (χ3n) is 8.79. The molecule has 2 fully saturated rings. The van der Waals surface area contributed by atoms with E-state index in [2.05, 4.69) is 22.1 Å². The second kappa shape index (κ2) is 18.6. The van der Waals surface area contributed by atoms with Crippen molar-refractivity contribution in [1.29, 1.82) is 0 Å². The first-order chi connectivity index (χ1) is 23.2. The number of ether oxygens (including phenoxy) is 4. The quantitative estimate of drug-likeness (QED) is 0.104. The molecule has 4 rings (SSSR count). The normalized spacial score (nSPS) is 22.8. The van der Waals surface area contributed by atoms with Gasteiger partial charge in [-0.3, -0.25) is 9.78 Å². The standard InChI is InChI=1S/C37H44F2N2O7/c1-4-15-40-20-31-26(22-45-16-5-2)19-41-24(3)37(31)48-36(44)8-6-7-25-9-12-30-29(33(43)18-34(30)46-21-25)13-11-28(42)23-47-35-17-27(38)10-14-32(35)39/h1-2,10-11,13-14,17,19,25,28-30,33-34,40,42-43H,6-9,12,15-16,18,20-23H2,3H3/b13-11+/t25-,28+,29+,30+,33+,34-/m0/s1. The van der Waals surface area contributed by atoms with Crippen LogP contribution in [0, 0.1) is 61.0 Å². The molecule has 6 atom stereocenters. The Balaban J connectivity index is 1.26. The summed E-state index contributed by atoms with van der Waals surface area (Å²) in [6, 6.07) is 2.88. The molecule has 0 amide bonds. The van der Waals surface area contributed by atoms with E-state index in [1.54, 1.807) is 19.2 Å². The summed E-state index contributed by atoms with van der Waals surface area (Å²) in [5, 5.41) is 24.3. The Morgan fingerprint density at radius 1 is 1.27 bits per heavy atom. The molecule has 2 aromatic rings. The average molecular weight is 667 g/mol. The van der Waals surface area contributed by atoms with Crippen LogP contribution in [-0.2, 0) is 27.4 Å². The Hall–Kier alpha value is -3.84. The molecule has 9 nitrogen and oxygen atoms in total. The molecule has 11 heteroatoms. The first-order valence-corrected chi connectivity index (χ1v) is 16.3. The van der Waals surface area contributed by atoms with Crippen molar-refractivity contribution < 1.29 is 42.7 Å². The van der Waals surface area contributed by atoms with Crippen LogP contribution in [0.2, 0.25) is 0 Å². The van der Waals surface area contributed by atoms with Crippen molar-refractivity contribution in [3.05, 3.63) is 65.0 Å². The summed E-state index contributed by atoms with van der Waals surface area (Å²) < 4.78 is 50.0. The van der Waals surface area contributed by atoms with Crippen molar-refractivity contribution in [2.24, 2.45) is 17.8 Å². The van der Waals surface area contributed by atoms with Gasteiger partial charge in [-0.1, -0.05) is 24.0 Å². The Morgan fingerprint density at radius 2 is 2.10 bits per heavy atom. The third kappa shape index (κ3) is 10.6. The van der Waals surface area contributed by atoms with Gasteiger partial charge in [-0.25, -0.2) is 8.78 Å². The van der Waals surface area contributed by atoms with E-state index >= 15 is 0 Å². The van der Waals surface area contributed by atoms with Gasteiger partial charge in [0.2, 0.25) is 0 Å². The molecule has 1 aromatic carbocycles. The second-order valence-electron chi connectivity index (χ2n) is 12.2. The number of carbonyl (C=O) groups excluding carboxylic acids is 1. The van der Waals surface area contributed by atoms with Gasteiger partial charge < -0.3 is 34.5 Å². The SMILES string of the molecule is C#CCNCc1c(COCC#C)cnc(C)c1OC(=O)CCC[C@H]1CC[C@@H]2[C@@H](/C=C/[C@@H](O)COc3cc(F)ccc3F)[C@H](O)C[C@@H]2OC1. The van der Waals surface area contributed by atoms with E-state index in [9.17, 15) is 23.8 Å². The van der Waals surface area contributed by atoms with Crippen LogP contribution >= 0.6 is 0 Å². The predicted octanol–water partition coefficient (Wildman–Crippen LogP) is 4.40. The number of aliphatic hydroxyl groups is 2. The summed E-state index contributed by atoms with van der Waals surface area (Å²) in [6.07, 6.45) is 17.7. The van der Waals surface area contributed by atoms with Crippen LogP contribution in [0.15, 0.2) is 36.5 Å². The minimum absolute atomic E-state index is 0.0638. The van der Waals surface area contributed by atoms with Crippen molar-refractivity contribution in [3.8, 4) is 36.2 Å². The molecule has 1 aliphatic heterocycles. The van der Waals surface area contributed by atoms with Crippen molar-refractivity contribution in [1.82, 2.24) is 10.3 Å². The number of nitrogens with zero attached hydrogens (tertiary/aromatic N) is 1. The summed E-state index contributed by atoms with van der Waals surface area (Å²) in [6.45, 7) is 3.13. The van der Waals surface area contributed by atoms with E-state index in [4.69, 9.17) is 31.8 Å². The number of hydrogen-bond donors (Lipinski definition) is 3. The summed E-state index contributed by atoms with van der Waals surface area (Å²) >= 11 is 0. The molecule has 48 heavy (non-hydrogen) atoms. The topological polar surface area (TPSA) is 119 Å². The molecule has 0 unspecified atom stereocenters. The highest BCUT2D eigenvalue weighted by Gasteiger charge is 2.43. The number of rotatable bonds is 16. The van der Waals surface area contributed by atoms with Gasteiger partial charge in [0.25, 0.3) is 0 Å². The maximum atomic E-state index is 13.8. The number of esters is 1. The fourth-order valence-electron chi connectivity index (χ4n) is 6.33. The fourth-order valence-corrected chi connectivity index (χ4v) is 6.33. The number of nitrogens with one attached hydrogen (secondary N) is 1. The summed E-state index contributed by atoms with van der Waals surface area (Å²) in [7, 11) is 0. The lowest BCUT2D eigenvalue weighted by atomic mass is 9.86. The lowest BCUT2D eigenvalue weighted by Gasteiger charge is -2.21. The Bertz CT molecular complexity index is 1490. The number of fused-ring (bicyclic) bond motifs is 1. The average Bonchev–Trinajstić information content (AvgIpc) is 3.23. The van der Waals surface area contributed by atoms with Crippen LogP contribution in [0.5, 0.6) is 11.5 Å². The Morgan fingerprint density at radius 3 is 2.90 bits per heavy atom. The van der Waals surface area contributed by atoms with E-state index in [-0.39, 0.29) is 61.8 Å². The molecule has 0 spiro atoms. The molecule has 1 aliphatic carbocycles. The van der Waals surface area contributed by atoms with Gasteiger partial charge in [0, 0.05) is 55.3 Å². The number of pyridine rings is 1. The van der Waals surface area contributed by atoms with E-state index in [1.807, 2.05) is 0 Å². The zero-order chi connectivity index (χ0) is 34.5. The van der Waals surface area contributed by atoms with Gasteiger partial charge in [-0.2, -0.15) is 0 Å². The van der Waals surface area contributed by atoms with Crippen molar-refractivity contribution in [2.75, 3.05) is 26.4 Å². The molecule has 1 saturated heterocycles. The zero-order valence-electron chi connectivity index (χ0n) is 27.2. The number of halogens is 2. The van der Waals surface area contributed by atoms with Crippen molar-refractivity contribution in [2.45, 2.75) is 76.9 Å². The second-order valence-corrected chi connectivity index (χ2v) is 12.2. The van der Waals surface area contributed by atoms with Gasteiger partial charge in [0.15, 0.2) is 17.3 Å². The molecule has 1 saturated carbocycles. The smallest absolute Gasteiger partial charge is 0.311 e. The minimum Gasteiger partial charge on any atom is -0.487 e. The highest BCUT2D eigenvalue weighted by molar-refractivity contribution is 5.73. The first-order valence-electron chi connectivity index (χ1n) is 16.3. The van der Waals surface area contributed by atoms with Gasteiger partial charge in [-0.15, -0.1) is 12.8 Å². The Labute approximate surface area is 281 Å². The molecule has 2 aliphatic rings. The Kier molecular flexibility index (Phi) is 14.4. The van der Waals surface area contributed by atoms with E-state index in [0.717, 1.165) is 48.6 Å². The number of benzene rings is 1. The maximum Gasteiger partial charge on any atom is 0.311 e. The van der Waals surface area contributed by atoms with E-state index < -0.39 is 23.8 Å². The van der Waals surface area contributed by atoms with Crippen LogP contribution < -0.4 is 14.8 Å². The monoisotopic (exact) mass is 666 g/mol. The fraction of sp³-hybridized carbons (Fsp3) is 0.514. The molecular formula is C37H44F2N2O7. The highest BCUT2D eigenvalue weighted by atomic mass is 19.1. The number of aryl methyl sites for hydroxylation is 1. The largest absolute Gasteiger partial charge is 0.487 e. The van der Waals surface area contributed by atoms with E-state index in [1.165, 1.54) is 6.08 Å². The molecule has 0 radical (unpaired) electrons. The number of terminal acetylenes is 2. The maximum absolute atomic E-state index is 13.8. The van der Waals surface area contributed by atoms with Gasteiger partial charge in [0.1, 0.15) is 25.1 Å². The van der Waals surface area contributed by atoms with Crippen LogP contribution in [0.3, 0.4) is 0 Å². The van der Waals surface area contributed by atoms with Crippen LogP contribution in [0.4, 0.5) is 8.78 Å². The molecule has 1 aromatic heterocycles. The van der Waals surface area contributed by atoms with E-state index in [0.29, 0.717) is 44.0 Å². The summed E-state index contributed by atoms with van der Waals surface area (Å²) in [4.78, 5) is 17.4. The van der Waals surface area contributed by atoms with Gasteiger partial charge >= 0.3 is 5.97 Å². The van der Waals surface area contributed by atoms with Crippen LogP contribution in [0.25, 0.3) is 0 Å². The first kappa shape index (κ1) is 37.0. The van der Waals surface area contributed by atoms with Gasteiger partial charge in [0.05, 0.1) is 31.1 Å². The molecule has 258 valence electrons. The summed E-state index contributed by atoms with van der Waals surface area (Å²) in [5.74, 6) is 3.46. The number of hydrogen-bond acceptors (Lipinski definition) is 9. The molecule has 3 N–H and O–H groups in total. The molecule has 0 bridgehead atoms. The van der Waals surface area contributed by atoms with Crippen molar-refractivity contribution in [3.63, 3.8) is 0 Å². The molecular weight excluding hydrogens is 622 g/mol. The highest BCUT2D eigenvalue weighted by Crippen LogP contribution is 2.42.